The fourth-order valence-corrected chi connectivity index (χ4v) is 2.69. The van der Waals surface area contributed by atoms with E-state index in [2.05, 4.69) is 10.1 Å². The molecule has 23 heavy (non-hydrogen) atoms. The maximum Gasteiger partial charge on any atom is 0.165 e. The first-order chi connectivity index (χ1) is 11.2. The maximum atomic E-state index is 5.96. The lowest BCUT2D eigenvalue weighted by molar-refractivity contribution is 0.847. The van der Waals surface area contributed by atoms with Crippen LogP contribution in [0.5, 0.6) is 0 Å². The summed E-state index contributed by atoms with van der Waals surface area (Å²) in [5.74, 6) is 0.756. The molecule has 0 radical (unpaired) electrons. The number of benzene rings is 1. The van der Waals surface area contributed by atoms with Crippen molar-refractivity contribution in [1.29, 1.82) is 0 Å². The lowest BCUT2D eigenvalue weighted by Gasteiger charge is -2.04. The third kappa shape index (κ3) is 2.47. The second-order valence-corrected chi connectivity index (χ2v) is 5.70. The van der Waals surface area contributed by atoms with Crippen LogP contribution in [-0.2, 0) is 0 Å². The van der Waals surface area contributed by atoms with Crippen LogP contribution in [0.4, 0.5) is 0 Å². The molecule has 0 unspecified atom stereocenters. The summed E-state index contributed by atoms with van der Waals surface area (Å²) in [4.78, 5) is 9.16. The molecule has 0 saturated heterocycles. The predicted octanol–water partition coefficient (Wildman–Crippen LogP) is 4.44. The number of aryl methyl sites for hydroxylation is 1. The summed E-state index contributed by atoms with van der Waals surface area (Å²) >= 11 is 5.96. The molecule has 0 spiro atoms. The van der Waals surface area contributed by atoms with Gasteiger partial charge in [-0.3, -0.25) is 0 Å². The summed E-state index contributed by atoms with van der Waals surface area (Å²) in [6.07, 6.45) is 1.75. The van der Waals surface area contributed by atoms with E-state index in [1.165, 1.54) is 0 Å². The van der Waals surface area contributed by atoms with Gasteiger partial charge in [0.05, 0.1) is 11.4 Å². The smallest absolute Gasteiger partial charge is 0.165 e. The van der Waals surface area contributed by atoms with E-state index in [0.29, 0.717) is 5.02 Å². The zero-order chi connectivity index (χ0) is 15.8. The average molecular weight is 321 g/mol. The van der Waals surface area contributed by atoms with Crippen LogP contribution >= 0.6 is 11.6 Å². The van der Waals surface area contributed by atoms with Crippen LogP contribution in [0.2, 0.25) is 5.02 Å². The maximum absolute atomic E-state index is 5.96. The molecular formula is C18H13ClN4. The van der Waals surface area contributed by atoms with Crippen molar-refractivity contribution in [3.8, 4) is 17.1 Å². The van der Waals surface area contributed by atoms with Gasteiger partial charge in [-0.2, -0.15) is 9.78 Å². The van der Waals surface area contributed by atoms with Crippen LogP contribution in [0, 0.1) is 6.92 Å². The van der Waals surface area contributed by atoms with Gasteiger partial charge >= 0.3 is 0 Å². The quantitative estimate of drug-likeness (QED) is 0.548. The highest BCUT2D eigenvalue weighted by Gasteiger charge is 2.12. The van der Waals surface area contributed by atoms with E-state index in [0.717, 1.165) is 33.8 Å². The Labute approximate surface area is 138 Å². The van der Waals surface area contributed by atoms with Crippen LogP contribution in [0.25, 0.3) is 28.1 Å². The highest BCUT2D eigenvalue weighted by Crippen LogP contribution is 2.25. The number of halogens is 1. The summed E-state index contributed by atoms with van der Waals surface area (Å²) in [6.45, 7) is 1.98. The standard InChI is InChI=1S/C18H13ClN4/c1-12-15-9-10-16(13-5-7-14(19)8-6-13)21-18(15)23(22-12)17-4-2-3-11-20-17/h2-11H,1H3. The van der Waals surface area contributed by atoms with Gasteiger partial charge in [0.25, 0.3) is 0 Å². The molecule has 0 bridgehead atoms. The monoisotopic (exact) mass is 320 g/mol. The Bertz CT molecular complexity index is 975. The Balaban J connectivity index is 1.92. The Kier molecular flexibility index (Phi) is 3.32. The molecule has 4 rings (SSSR count). The van der Waals surface area contributed by atoms with E-state index in [1.807, 2.05) is 61.5 Å². The third-order valence-corrected chi connectivity index (χ3v) is 3.97. The Morgan fingerprint density at radius 2 is 1.78 bits per heavy atom. The number of pyridine rings is 2. The molecule has 112 valence electrons. The van der Waals surface area contributed by atoms with Gasteiger partial charge in [-0.25, -0.2) is 9.97 Å². The van der Waals surface area contributed by atoms with Crippen molar-refractivity contribution in [2.75, 3.05) is 0 Å². The first-order valence-corrected chi connectivity index (χ1v) is 7.64. The summed E-state index contributed by atoms with van der Waals surface area (Å²) in [7, 11) is 0. The molecule has 0 fully saturated rings. The van der Waals surface area contributed by atoms with Crippen molar-refractivity contribution in [2.24, 2.45) is 0 Å². The molecule has 0 N–H and O–H groups in total. The molecule has 1 aromatic carbocycles. The van der Waals surface area contributed by atoms with Crippen LogP contribution in [-0.4, -0.2) is 19.7 Å². The molecule has 3 aromatic heterocycles. The summed E-state index contributed by atoms with van der Waals surface area (Å²) in [5.41, 5.74) is 3.63. The first kappa shape index (κ1) is 13.9. The van der Waals surface area contributed by atoms with Gasteiger partial charge in [-0.1, -0.05) is 29.8 Å². The Morgan fingerprint density at radius 1 is 0.957 bits per heavy atom. The summed E-state index contributed by atoms with van der Waals surface area (Å²) < 4.78 is 1.78. The molecular weight excluding hydrogens is 308 g/mol. The number of hydrogen-bond donors (Lipinski definition) is 0. The van der Waals surface area contributed by atoms with Crippen molar-refractivity contribution in [1.82, 2.24) is 19.7 Å². The second-order valence-electron chi connectivity index (χ2n) is 5.26. The topological polar surface area (TPSA) is 43.6 Å². The van der Waals surface area contributed by atoms with Crippen molar-refractivity contribution in [3.05, 3.63) is 71.5 Å². The Hall–Kier alpha value is -2.72. The molecule has 4 nitrogen and oxygen atoms in total. The molecule has 0 aliphatic carbocycles. The molecule has 5 heteroatoms. The number of aromatic nitrogens is 4. The van der Waals surface area contributed by atoms with E-state index < -0.39 is 0 Å². The summed E-state index contributed by atoms with van der Waals surface area (Å²) in [6, 6.07) is 17.5. The molecule has 4 aromatic rings. The highest BCUT2D eigenvalue weighted by atomic mass is 35.5. The van der Waals surface area contributed by atoms with Gasteiger partial charge in [-0.05, 0) is 43.3 Å². The highest BCUT2D eigenvalue weighted by molar-refractivity contribution is 6.30. The van der Waals surface area contributed by atoms with Gasteiger partial charge in [0, 0.05) is 22.2 Å². The van der Waals surface area contributed by atoms with E-state index in [-0.39, 0.29) is 0 Å². The molecule has 0 atom stereocenters. The van der Waals surface area contributed by atoms with Crippen molar-refractivity contribution in [3.63, 3.8) is 0 Å². The SMILES string of the molecule is Cc1nn(-c2ccccn2)c2nc(-c3ccc(Cl)cc3)ccc12. The number of nitrogens with zero attached hydrogens (tertiary/aromatic N) is 4. The van der Waals surface area contributed by atoms with Gasteiger partial charge in [0.1, 0.15) is 0 Å². The molecule has 3 heterocycles. The van der Waals surface area contributed by atoms with E-state index in [9.17, 15) is 0 Å². The van der Waals surface area contributed by atoms with Gasteiger partial charge < -0.3 is 0 Å². The lowest BCUT2D eigenvalue weighted by Crippen LogP contribution is -2.00. The molecule has 0 aliphatic rings. The fraction of sp³-hybridized carbons (Fsp3) is 0.0556. The van der Waals surface area contributed by atoms with Gasteiger partial charge in [-0.15, -0.1) is 0 Å². The third-order valence-electron chi connectivity index (χ3n) is 3.72. The number of fused-ring (bicyclic) bond motifs is 1. The van der Waals surface area contributed by atoms with Crippen LogP contribution < -0.4 is 0 Å². The van der Waals surface area contributed by atoms with Gasteiger partial charge in [0.2, 0.25) is 0 Å². The van der Waals surface area contributed by atoms with Gasteiger partial charge in [0.15, 0.2) is 11.5 Å². The fourth-order valence-electron chi connectivity index (χ4n) is 2.56. The number of hydrogen-bond acceptors (Lipinski definition) is 3. The van der Waals surface area contributed by atoms with Crippen LogP contribution in [0.1, 0.15) is 5.69 Å². The first-order valence-electron chi connectivity index (χ1n) is 7.26. The average Bonchev–Trinajstić information content (AvgIpc) is 2.93. The van der Waals surface area contributed by atoms with Crippen molar-refractivity contribution in [2.45, 2.75) is 6.92 Å². The van der Waals surface area contributed by atoms with Crippen molar-refractivity contribution >= 4 is 22.6 Å². The van der Waals surface area contributed by atoms with Crippen molar-refractivity contribution < 1.29 is 0 Å². The Morgan fingerprint density at radius 3 is 2.52 bits per heavy atom. The van der Waals surface area contributed by atoms with E-state index >= 15 is 0 Å². The zero-order valence-electron chi connectivity index (χ0n) is 12.4. The molecule has 0 amide bonds. The minimum atomic E-state index is 0.712. The predicted molar refractivity (Wildman–Crippen MR) is 91.8 cm³/mol. The lowest BCUT2D eigenvalue weighted by atomic mass is 10.1. The normalized spacial score (nSPS) is 11.0. The van der Waals surface area contributed by atoms with Crippen LogP contribution in [0.3, 0.4) is 0 Å². The molecule has 0 saturated carbocycles. The van der Waals surface area contributed by atoms with E-state index in [1.54, 1.807) is 10.9 Å². The van der Waals surface area contributed by atoms with Crippen LogP contribution in [0.15, 0.2) is 60.8 Å². The minimum absolute atomic E-state index is 0.712. The minimum Gasteiger partial charge on any atom is -0.237 e. The molecule has 0 aliphatic heterocycles. The number of rotatable bonds is 2. The second kappa shape index (κ2) is 5.48. The zero-order valence-corrected chi connectivity index (χ0v) is 13.2. The largest absolute Gasteiger partial charge is 0.237 e. The van der Waals surface area contributed by atoms with E-state index in [4.69, 9.17) is 16.6 Å². The summed E-state index contributed by atoms with van der Waals surface area (Å²) in [5, 5.41) is 6.31.